The molecule has 0 spiro atoms. The molecule has 0 aromatic carbocycles. The van der Waals surface area contributed by atoms with Gasteiger partial charge in [0.1, 0.15) is 5.82 Å². The maximum atomic E-state index is 4.14. The molecule has 1 heterocycles. The summed E-state index contributed by atoms with van der Waals surface area (Å²) in [6.07, 6.45) is 18.7. The fourth-order valence-electron chi connectivity index (χ4n) is 1.78. The number of H-pyrrole nitrogens is 1. The molecule has 0 saturated carbocycles. The molecule has 0 saturated heterocycles. The standard InChI is InChI=1S/C14H24N2/c1-2-3-4-5-6-7-8-9-10-11-14-15-12-13-16-14/h10-13H,2-9H2,1H3,(H,15,16). The zero-order valence-electron chi connectivity index (χ0n) is 10.4. The predicted molar refractivity (Wildman–Crippen MR) is 70.2 cm³/mol. The largest absolute Gasteiger partial charge is 0.345 e. The topological polar surface area (TPSA) is 28.7 Å². The summed E-state index contributed by atoms with van der Waals surface area (Å²) in [5.74, 6) is 0.961. The Labute approximate surface area is 99.2 Å². The van der Waals surface area contributed by atoms with Crippen LogP contribution < -0.4 is 0 Å². The molecule has 0 aliphatic heterocycles. The van der Waals surface area contributed by atoms with E-state index in [-0.39, 0.29) is 0 Å². The third kappa shape index (κ3) is 6.44. The highest BCUT2D eigenvalue weighted by Crippen LogP contribution is 2.08. The number of hydrogen-bond acceptors (Lipinski definition) is 1. The number of aromatic amines is 1. The van der Waals surface area contributed by atoms with Gasteiger partial charge in [0.25, 0.3) is 0 Å². The second-order valence-electron chi connectivity index (χ2n) is 4.29. The van der Waals surface area contributed by atoms with Gasteiger partial charge in [-0.2, -0.15) is 0 Å². The maximum Gasteiger partial charge on any atom is 0.129 e. The Morgan fingerprint density at radius 1 is 1.12 bits per heavy atom. The fourth-order valence-corrected chi connectivity index (χ4v) is 1.78. The van der Waals surface area contributed by atoms with E-state index >= 15 is 0 Å². The maximum absolute atomic E-state index is 4.14. The summed E-state index contributed by atoms with van der Waals surface area (Å²) >= 11 is 0. The number of nitrogens with zero attached hydrogens (tertiary/aromatic N) is 1. The molecule has 1 aromatic heterocycles. The molecule has 0 aliphatic carbocycles. The van der Waals surface area contributed by atoms with Gasteiger partial charge in [0.05, 0.1) is 0 Å². The Hall–Kier alpha value is -1.05. The fraction of sp³-hybridized carbons (Fsp3) is 0.643. The van der Waals surface area contributed by atoms with Gasteiger partial charge in [0.2, 0.25) is 0 Å². The third-order valence-electron chi connectivity index (χ3n) is 2.77. The van der Waals surface area contributed by atoms with Gasteiger partial charge in [-0.3, -0.25) is 0 Å². The van der Waals surface area contributed by atoms with Gasteiger partial charge < -0.3 is 4.98 Å². The van der Waals surface area contributed by atoms with Crippen molar-refractivity contribution in [3.8, 4) is 0 Å². The van der Waals surface area contributed by atoms with Gasteiger partial charge in [-0.25, -0.2) is 4.98 Å². The van der Waals surface area contributed by atoms with Crippen molar-refractivity contribution in [3.05, 3.63) is 24.3 Å². The summed E-state index contributed by atoms with van der Waals surface area (Å²) in [6.45, 7) is 2.26. The summed E-state index contributed by atoms with van der Waals surface area (Å²) in [5, 5.41) is 0. The minimum atomic E-state index is 0.961. The molecule has 0 aliphatic rings. The summed E-state index contributed by atoms with van der Waals surface area (Å²) in [7, 11) is 0. The van der Waals surface area contributed by atoms with E-state index in [1.54, 1.807) is 6.20 Å². The number of unbranched alkanes of at least 4 members (excludes halogenated alkanes) is 7. The molecule has 90 valence electrons. The Bertz CT molecular complexity index is 262. The van der Waals surface area contributed by atoms with Crippen molar-refractivity contribution in [2.24, 2.45) is 0 Å². The van der Waals surface area contributed by atoms with Crippen LogP contribution >= 0.6 is 0 Å². The normalized spacial score (nSPS) is 11.3. The zero-order chi connectivity index (χ0) is 11.5. The second kappa shape index (κ2) is 9.20. The minimum absolute atomic E-state index is 0.961. The van der Waals surface area contributed by atoms with Crippen LogP contribution in [0.25, 0.3) is 6.08 Å². The predicted octanol–water partition coefficient (Wildman–Crippen LogP) is 4.56. The molecule has 2 heteroatoms. The molecule has 0 amide bonds. The van der Waals surface area contributed by atoms with E-state index in [4.69, 9.17) is 0 Å². The molecular formula is C14H24N2. The second-order valence-corrected chi connectivity index (χ2v) is 4.29. The Kier molecular flexibility index (Phi) is 7.48. The number of rotatable bonds is 9. The molecule has 0 fully saturated rings. The molecule has 0 atom stereocenters. The monoisotopic (exact) mass is 220 g/mol. The number of hydrogen-bond donors (Lipinski definition) is 1. The van der Waals surface area contributed by atoms with Crippen molar-refractivity contribution >= 4 is 6.08 Å². The minimum Gasteiger partial charge on any atom is -0.345 e. The first kappa shape index (κ1) is 13.0. The number of aromatic nitrogens is 2. The van der Waals surface area contributed by atoms with E-state index in [0.717, 1.165) is 5.82 Å². The summed E-state index contributed by atoms with van der Waals surface area (Å²) in [5.41, 5.74) is 0. The van der Waals surface area contributed by atoms with Crippen LogP contribution in [0.3, 0.4) is 0 Å². The quantitative estimate of drug-likeness (QED) is 0.607. The van der Waals surface area contributed by atoms with E-state index in [1.807, 2.05) is 6.20 Å². The smallest absolute Gasteiger partial charge is 0.129 e. The van der Waals surface area contributed by atoms with Crippen LogP contribution in [0.4, 0.5) is 0 Å². The van der Waals surface area contributed by atoms with E-state index < -0.39 is 0 Å². The Morgan fingerprint density at radius 2 is 1.88 bits per heavy atom. The van der Waals surface area contributed by atoms with Crippen LogP contribution in [0.5, 0.6) is 0 Å². The highest BCUT2D eigenvalue weighted by molar-refractivity contribution is 5.38. The van der Waals surface area contributed by atoms with Gasteiger partial charge in [0, 0.05) is 12.4 Å². The summed E-state index contributed by atoms with van der Waals surface area (Å²) < 4.78 is 0. The number of nitrogens with one attached hydrogen (secondary N) is 1. The summed E-state index contributed by atoms with van der Waals surface area (Å²) in [6, 6.07) is 0. The van der Waals surface area contributed by atoms with Gasteiger partial charge in [-0.15, -0.1) is 0 Å². The molecular weight excluding hydrogens is 196 g/mol. The van der Waals surface area contributed by atoms with Crippen LogP contribution in [0, 0.1) is 0 Å². The average Bonchev–Trinajstić information content (AvgIpc) is 2.80. The SMILES string of the molecule is CCCCCCCCCC=Cc1ncc[nH]1. The molecule has 1 N–H and O–H groups in total. The molecule has 0 radical (unpaired) electrons. The highest BCUT2D eigenvalue weighted by Gasteiger charge is 1.90. The van der Waals surface area contributed by atoms with Crippen molar-refractivity contribution in [3.63, 3.8) is 0 Å². The number of allylic oxidation sites excluding steroid dienone is 1. The highest BCUT2D eigenvalue weighted by atomic mass is 14.9. The van der Waals surface area contributed by atoms with Crippen LogP contribution in [0.2, 0.25) is 0 Å². The van der Waals surface area contributed by atoms with Crippen LogP contribution in [0.15, 0.2) is 18.5 Å². The van der Waals surface area contributed by atoms with Crippen LogP contribution in [-0.4, -0.2) is 9.97 Å². The van der Waals surface area contributed by atoms with Crippen LogP contribution in [-0.2, 0) is 0 Å². The lowest BCUT2D eigenvalue weighted by Gasteiger charge is -1.98. The van der Waals surface area contributed by atoms with E-state index in [2.05, 4.69) is 29.0 Å². The lowest BCUT2D eigenvalue weighted by molar-refractivity contribution is 0.592. The van der Waals surface area contributed by atoms with Crippen molar-refractivity contribution in [1.82, 2.24) is 9.97 Å². The van der Waals surface area contributed by atoms with Gasteiger partial charge in [-0.05, 0) is 18.9 Å². The van der Waals surface area contributed by atoms with E-state index in [1.165, 1.54) is 51.4 Å². The lowest BCUT2D eigenvalue weighted by Crippen LogP contribution is -1.79. The van der Waals surface area contributed by atoms with E-state index in [0.29, 0.717) is 0 Å². The van der Waals surface area contributed by atoms with Crippen LogP contribution in [0.1, 0.15) is 64.1 Å². The molecule has 0 unspecified atom stereocenters. The van der Waals surface area contributed by atoms with Gasteiger partial charge >= 0.3 is 0 Å². The third-order valence-corrected chi connectivity index (χ3v) is 2.77. The van der Waals surface area contributed by atoms with Gasteiger partial charge in [-0.1, -0.05) is 51.5 Å². The Morgan fingerprint density at radius 3 is 2.56 bits per heavy atom. The molecule has 2 nitrogen and oxygen atoms in total. The van der Waals surface area contributed by atoms with Crippen molar-refractivity contribution in [2.75, 3.05) is 0 Å². The first-order valence-corrected chi connectivity index (χ1v) is 6.59. The molecule has 1 rings (SSSR count). The first-order valence-electron chi connectivity index (χ1n) is 6.59. The van der Waals surface area contributed by atoms with Crippen molar-refractivity contribution in [2.45, 2.75) is 58.3 Å². The first-order chi connectivity index (χ1) is 7.93. The lowest BCUT2D eigenvalue weighted by atomic mass is 10.1. The van der Waals surface area contributed by atoms with Crippen molar-refractivity contribution < 1.29 is 0 Å². The van der Waals surface area contributed by atoms with E-state index in [9.17, 15) is 0 Å². The molecule has 16 heavy (non-hydrogen) atoms. The molecule has 0 bridgehead atoms. The van der Waals surface area contributed by atoms with Crippen molar-refractivity contribution in [1.29, 1.82) is 0 Å². The van der Waals surface area contributed by atoms with Gasteiger partial charge in [0.15, 0.2) is 0 Å². The average molecular weight is 220 g/mol. The number of imidazole rings is 1. The molecule has 1 aromatic rings. The Balaban J connectivity index is 1.88. The summed E-state index contributed by atoms with van der Waals surface area (Å²) in [4.78, 5) is 7.21. The zero-order valence-corrected chi connectivity index (χ0v) is 10.4.